The maximum absolute atomic E-state index is 2.54. The molecule has 14 aromatic rings. The predicted octanol–water partition coefficient (Wildman–Crippen LogP) is 27.6. The number of anilines is 12. The summed E-state index contributed by atoms with van der Waals surface area (Å²) in [5.74, 6) is 0. The molecule has 0 saturated heterocycles. The van der Waals surface area contributed by atoms with Gasteiger partial charge >= 0.3 is 0 Å². The van der Waals surface area contributed by atoms with Gasteiger partial charge in [-0.15, -0.1) is 0 Å². The second-order valence-corrected chi connectivity index (χ2v) is 31.3. The van der Waals surface area contributed by atoms with Gasteiger partial charge in [0.1, 0.15) is 0 Å². The molecule has 4 heteroatoms. The Morgan fingerprint density at radius 2 is 0.667 bits per heavy atom. The highest BCUT2D eigenvalue weighted by molar-refractivity contribution is 6.12. The van der Waals surface area contributed by atoms with Gasteiger partial charge in [-0.25, -0.2) is 0 Å². The largest absolute Gasteiger partial charge is 0.310 e. The Bertz CT molecular complexity index is 5520. The van der Waals surface area contributed by atoms with E-state index in [1.54, 1.807) is 0 Å². The molecular formula is C98H90N4. The number of nitrogens with zero attached hydrogens (tertiary/aromatic N) is 4. The lowest BCUT2D eigenvalue weighted by molar-refractivity contribution is 0.480. The standard InChI is InChI=1S/C98H90N4/c1-65-29-27-37-75(59-65)101(89-43-25-19-30-66(89)2)78-54-56-84-86(62-78)98(11,12)88-64-92(80-40-22-24-42-82(80)94(84)88)102(90-44-26-20-31-67(90)3)76-38-28-32-68(60-76)57-58-96(7,8)70-47-51-74(52-48-70)100(72-35-17-14-18-36-72)91-63-87-93(81-41-23-21-39-79(81)91)83-55-53-77(61-85(83)97(87,9)10)99(71-33-15-13-16-34-71)73-49-45-69(46-50-73)95(4,5)6/h13-56,59-64H,57-58H2,1-12H3. The first-order valence-electron chi connectivity index (χ1n) is 36.4. The van der Waals surface area contributed by atoms with Crippen molar-refractivity contribution in [3.05, 3.63) is 359 Å². The van der Waals surface area contributed by atoms with Crippen LogP contribution in [0.25, 0.3) is 43.8 Å². The summed E-state index contributed by atoms with van der Waals surface area (Å²) in [6.07, 6.45) is 1.87. The van der Waals surface area contributed by atoms with E-state index in [1.807, 2.05) is 0 Å². The van der Waals surface area contributed by atoms with Crippen molar-refractivity contribution < 1.29 is 0 Å². The summed E-state index contributed by atoms with van der Waals surface area (Å²) < 4.78 is 0. The van der Waals surface area contributed by atoms with Crippen LogP contribution in [0, 0.1) is 20.8 Å². The van der Waals surface area contributed by atoms with Crippen molar-refractivity contribution in [2.45, 2.75) is 118 Å². The molecule has 14 aromatic carbocycles. The Morgan fingerprint density at radius 3 is 1.19 bits per heavy atom. The van der Waals surface area contributed by atoms with Gasteiger partial charge in [0.15, 0.2) is 0 Å². The summed E-state index contributed by atoms with van der Waals surface area (Å²) in [5, 5.41) is 4.98. The highest BCUT2D eigenvalue weighted by Gasteiger charge is 2.41. The number of hydrogen-bond acceptors (Lipinski definition) is 4. The lowest BCUT2D eigenvalue weighted by atomic mass is 9.79. The molecule has 16 rings (SSSR count). The molecule has 2 aliphatic rings. The van der Waals surface area contributed by atoms with Gasteiger partial charge in [0.05, 0.1) is 11.4 Å². The zero-order chi connectivity index (χ0) is 70.4. The van der Waals surface area contributed by atoms with E-state index >= 15 is 0 Å². The van der Waals surface area contributed by atoms with Crippen LogP contribution in [0.2, 0.25) is 0 Å². The maximum atomic E-state index is 2.54. The van der Waals surface area contributed by atoms with E-state index in [4.69, 9.17) is 0 Å². The molecule has 0 fully saturated rings. The molecule has 0 aromatic heterocycles. The molecule has 0 aliphatic heterocycles. The van der Waals surface area contributed by atoms with Gasteiger partial charge in [-0.2, -0.15) is 0 Å². The maximum Gasteiger partial charge on any atom is 0.0543 e. The van der Waals surface area contributed by atoms with Crippen molar-refractivity contribution in [3.63, 3.8) is 0 Å². The van der Waals surface area contributed by atoms with Crippen LogP contribution in [0.4, 0.5) is 68.2 Å². The summed E-state index contributed by atoms with van der Waals surface area (Å²) in [6.45, 7) is 28.0. The molecule has 0 saturated carbocycles. The number of hydrogen-bond donors (Lipinski definition) is 0. The van der Waals surface area contributed by atoms with Crippen LogP contribution in [0.15, 0.2) is 303 Å². The minimum Gasteiger partial charge on any atom is -0.310 e. The number of para-hydroxylation sites is 4. The molecule has 0 N–H and O–H groups in total. The lowest BCUT2D eigenvalue weighted by Gasteiger charge is -2.32. The zero-order valence-electron chi connectivity index (χ0n) is 61.1. The first kappa shape index (κ1) is 65.4. The molecular weight excluding hydrogens is 1230 g/mol. The minimum atomic E-state index is -0.313. The third-order valence-electron chi connectivity index (χ3n) is 22.4. The Balaban J connectivity index is 0.714. The van der Waals surface area contributed by atoms with Crippen molar-refractivity contribution in [2.24, 2.45) is 0 Å². The quantitative estimate of drug-likeness (QED) is 0.0956. The first-order valence-corrected chi connectivity index (χ1v) is 36.4. The van der Waals surface area contributed by atoms with Gasteiger partial charge in [0, 0.05) is 78.5 Å². The van der Waals surface area contributed by atoms with E-state index < -0.39 is 0 Å². The van der Waals surface area contributed by atoms with Crippen LogP contribution in [0.5, 0.6) is 0 Å². The molecule has 0 heterocycles. The van der Waals surface area contributed by atoms with Gasteiger partial charge < -0.3 is 19.6 Å². The van der Waals surface area contributed by atoms with Crippen molar-refractivity contribution in [3.8, 4) is 22.3 Å². The highest BCUT2D eigenvalue weighted by atomic mass is 15.2. The van der Waals surface area contributed by atoms with E-state index in [-0.39, 0.29) is 21.7 Å². The minimum absolute atomic E-state index is 0.0564. The molecule has 0 bridgehead atoms. The molecule has 0 radical (unpaired) electrons. The number of rotatable bonds is 16. The van der Waals surface area contributed by atoms with Crippen LogP contribution in [0.1, 0.15) is 124 Å². The zero-order valence-corrected chi connectivity index (χ0v) is 61.1. The van der Waals surface area contributed by atoms with Gasteiger partial charge in [-0.3, -0.25) is 0 Å². The topological polar surface area (TPSA) is 13.0 Å². The summed E-state index contributed by atoms with van der Waals surface area (Å²) in [7, 11) is 0. The molecule has 502 valence electrons. The van der Waals surface area contributed by atoms with Crippen LogP contribution in [-0.2, 0) is 28.1 Å². The predicted molar refractivity (Wildman–Crippen MR) is 436 cm³/mol. The number of fused-ring (bicyclic) bond motifs is 10. The van der Waals surface area contributed by atoms with Gasteiger partial charge in [0.25, 0.3) is 0 Å². The number of benzene rings is 14. The normalized spacial score (nSPS) is 13.3. The summed E-state index contributed by atoms with van der Waals surface area (Å²) >= 11 is 0. The van der Waals surface area contributed by atoms with E-state index in [1.165, 1.54) is 122 Å². The summed E-state index contributed by atoms with van der Waals surface area (Å²) in [5.41, 5.74) is 31.4. The van der Waals surface area contributed by atoms with Crippen LogP contribution in [-0.4, -0.2) is 0 Å². The van der Waals surface area contributed by atoms with Crippen LogP contribution in [0.3, 0.4) is 0 Å². The average Bonchev–Trinajstić information content (AvgIpc) is 1.55. The van der Waals surface area contributed by atoms with Crippen molar-refractivity contribution >= 4 is 89.8 Å². The first-order chi connectivity index (χ1) is 49.2. The van der Waals surface area contributed by atoms with Gasteiger partial charge in [0.2, 0.25) is 0 Å². The van der Waals surface area contributed by atoms with E-state index in [2.05, 4.69) is 406 Å². The SMILES string of the molecule is Cc1cccc(N(c2ccc3c(c2)C(C)(C)c2cc(N(c4cccc(CCC(C)(C)c5ccc(N(c6ccccc6)c6cc7c(c8ccccc68)-c6ccc(N(c8ccccc8)c8ccc(C(C)(C)C)cc8)cc6C7(C)C)cc5)c4)c4ccccc4C)c4ccccc4c2-3)c2ccccc2C)c1. The fourth-order valence-corrected chi connectivity index (χ4v) is 16.6. The van der Waals surface area contributed by atoms with Gasteiger partial charge in [-0.1, -0.05) is 244 Å². The van der Waals surface area contributed by atoms with E-state index in [9.17, 15) is 0 Å². The van der Waals surface area contributed by atoms with Crippen LogP contribution < -0.4 is 19.6 Å². The monoisotopic (exact) mass is 1320 g/mol. The van der Waals surface area contributed by atoms with Gasteiger partial charge in [-0.05, 0) is 254 Å². The fourth-order valence-electron chi connectivity index (χ4n) is 16.6. The molecule has 0 atom stereocenters. The Labute approximate surface area is 604 Å². The Morgan fingerprint density at radius 1 is 0.284 bits per heavy atom. The van der Waals surface area contributed by atoms with Crippen molar-refractivity contribution in [1.82, 2.24) is 0 Å². The van der Waals surface area contributed by atoms with Crippen molar-refractivity contribution in [1.29, 1.82) is 0 Å². The molecule has 0 unspecified atom stereocenters. The number of aryl methyl sites for hydroxylation is 4. The molecule has 102 heavy (non-hydrogen) atoms. The molecule has 2 aliphatic carbocycles. The third kappa shape index (κ3) is 11.4. The highest BCUT2D eigenvalue weighted by Crippen LogP contribution is 2.59. The third-order valence-corrected chi connectivity index (χ3v) is 22.4. The molecule has 0 amide bonds. The van der Waals surface area contributed by atoms with Crippen LogP contribution >= 0.6 is 0 Å². The smallest absolute Gasteiger partial charge is 0.0543 e. The summed E-state index contributed by atoms with van der Waals surface area (Å²) in [4.78, 5) is 9.88. The molecule has 4 nitrogen and oxygen atoms in total. The Hall–Kier alpha value is -11.2. The fraction of sp³-hybridized carbons (Fsp3) is 0.184. The summed E-state index contributed by atoms with van der Waals surface area (Å²) in [6, 6.07) is 114. The molecule has 0 spiro atoms. The lowest BCUT2D eigenvalue weighted by Crippen LogP contribution is -2.19. The average molecular weight is 1320 g/mol. The van der Waals surface area contributed by atoms with E-state index in [0.29, 0.717) is 0 Å². The second kappa shape index (κ2) is 25.5. The second-order valence-electron chi connectivity index (χ2n) is 31.3. The van der Waals surface area contributed by atoms with E-state index in [0.717, 1.165) is 58.3 Å². The Kier molecular flexibility index (Phi) is 16.3. The van der Waals surface area contributed by atoms with Crippen molar-refractivity contribution in [2.75, 3.05) is 19.6 Å².